The van der Waals surface area contributed by atoms with Gasteiger partial charge in [-0.15, -0.1) is 0 Å². The lowest BCUT2D eigenvalue weighted by atomic mass is 9.90. The smallest absolute Gasteiger partial charge is 0.322 e. The van der Waals surface area contributed by atoms with Gasteiger partial charge in [0.1, 0.15) is 17.3 Å². The summed E-state index contributed by atoms with van der Waals surface area (Å²) >= 11 is 0. The summed E-state index contributed by atoms with van der Waals surface area (Å²) in [5, 5.41) is 0.491. The molecule has 2 aromatic carbocycles. The maximum Gasteiger partial charge on any atom is 0.322 e. The Morgan fingerprint density at radius 1 is 1.08 bits per heavy atom. The molecular formula is C21H20FNO3. The van der Waals surface area contributed by atoms with Crippen LogP contribution in [-0.2, 0) is 9.53 Å². The number of hydrogen-bond acceptors (Lipinski definition) is 3. The van der Waals surface area contributed by atoms with Crippen LogP contribution in [0.4, 0.5) is 4.39 Å². The number of rotatable bonds is 4. The van der Waals surface area contributed by atoms with Crippen LogP contribution in [0.5, 0.6) is 0 Å². The molecule has 0 radical (unpaired) electrons. The van der Waals surface area contributed by atoms with E-state index >= 15 is 0 Å². The largest absolute Gasteiger partial charge is 0.459 e. The highest BCUT2D eigenvalue weighted by Crippen LogP contribution is 2.31. The zero-order chi connectivity index (χ0) is 18.9. The number of aromatic nitrogens is 1. The first-order valence-corrected chi connectivity index (χ1v) is 8.35. The Labute approximate surface area is 151 Å². The summed E-state index contributed by atoms with van der Waals surface area (Å²) in [5.41, 5.74) is 0.705. The standard InChI is InChI=1S/C21H20FNO3/c1-21(2,3)26-20(25)18(19(24)13-7-5-4-6-8-13)16-12-23-17-10-9-14(22)11-15(16)17/h4-12,18,23H,1-3H3. The molecule has 0 fully saturated rings. The summed E-state index contributed by atoms with van der Waals surface area (Å²) in [4.78, 5) is 28.9. The Morgan fingerprint density at radius 3 is 2.42 bits per heavy atom. The van der Waals surface area contributed by atoms with E-state index in [-0.39, 0.29) is 5.78 Å². The lowest BCUT2D eigenvalue weighted by Gasteiger charge is -2.23. The number of nitrogens with one attached hydrogen (secondary N) is 1. The highest BCUT2D eigenvalue weighted by molar-refractivity contribution is 6.14. The van der Waals surface area contributed by atoms with Crippen LogP contribution < -0.4 is 0 Å². The number of aromatic amines is 1. The lowest BCUT2D eigenvalue weighted by Crippen LogP contribution is -2.31. The highest BCUT2D eigenvalue weighted by Gasteiger charge is 2.35. The topological polar surface area (TPSA) is 59.2 Å². The van der Waals surface area contributed by atoms with E-state index in [0.29, 0.717) is 22.0 Å². The average molecular weight is 353 g/mol. The number of hydrogen-bond donors (Lipinski definition) is 1. The number of halogens is 1. The monoisotopic (exact) mass is 353 g/mol. The van der Waals surface area contributed by atoms with E-state index in [1.807, 2.05) is 0 Å². The van der Waals surface area contributed by atoms with Gasteiger partial charge in [0.25, 0.3) is 0 Å². The predicted octanol–water partition coefficient (Wildman–Crippen LogP) is 4.62. The molecule has 26 heavy (non-hydrogen) atoms. The van der Waals surface area contributed by atoms with Crippen molar-refractivity contribution in [2.75, 3.05) is 0 Å². The van der Waals surface area contributed by atoms with Gasteiger partial charge in [-0.05, 0) is 44.5 Å². The van der Waals surface area contributed by atoms with Gasteiger partial charge < -0.3 is 9.72 Å². The van der Waals surface area contributed by atoms with Crippen molar-refractivity contribution >= 4 is 22.7 Å². The summed E-state index contributed by atoms with van der Waals surface area (Å²) < 4.78 is 19.2. The van der Waals surface area contributed by atoms with Crippen molar-refractivity contribution in [3.05, 3.63) is 71.7 Å². The molecule has 1 heterocycles. The number of ketones is 1. The van der Waals surface area contributed by atoms with Gasteiger partial charge in [0.05, 0.1) is 0 Å². The molecule has 0 aliphatic carbocycles. The van der Waals surface area contributed by atoms with Crippen LogP contribution in [0.15, 0.2) is 54.7 Å². The molecule has 0 aliphatic rings. The minimum absolute atomic E-state index is 0.384. The van der Waals surface area contributed by atoms with Crippen molar-refractivity contribution in [2.45, 2.75) is 32.3 Å². The fourth-order valence-electron chi connectivity index (χ4n) is 2.86. The summed E-state index contributed by atoms with van der Waals surface area (Å²) in [6, 6.07) is 12.8. The van der Waals surface area contributed by atoms with Gasteiger partial charge >= 0.3 is 5.97 Å². The number of ether oxygens (including phenoxy) is 1. The fraction of sp³-hybridized carbons (Fsp3) is 0.238. The van der Waals surface area contributed by atoms with Crippen molar-refractivity contribution in [3.63, 3.8) is 0 Å². The number of carbonyl (C=O) groups is 2. The Kier molecular flexibility index (Phi) is 4.64. The van der Waals surface area contributed by atoms with Gasteiger partial charge in [0.2, 0.25) is 0 Å². The fourth-order valence-corrected chi connectivity index (χ4v) is 2.86. The average Bonchev–Trinajstić information content (AvgIpc) is 2.97. The molecule has 1 unspecified atom stereocenters. The molecule has 0 spiro atoms. The van der Waals surface area contributed by atoms with Crippen molar-refractivity contribution in [1.82, 2.24) is 4.98 Å². The van der Waals surface area contributed by atoms with Gasteiger partial charge in [-0.2, -0.15) is 0 Å². The molecule has 3 aromatic rings. The molecule has 0 amide bonds. The highest BCUT2D eigenvalue weighted by atomic mass is 19.1. The Hall–Kier alpha value is -2.95. The third-order valence-corrected chi connectivity index (χ3v) is 3.95. The molecule has 4 nitrogen and oxygen atoms in total. The molecule has 1 atom stereocenters. The second-order valence-electron chi connectivity index (χ2n) is 7.13. The van der Waals surface area contributed by atoms with E-state index in [9.17, 15) is 14.0 Å². The van der Waals surface area contributed by atoms with Crippen molar-refractivity contribution < 1.29 is 18.7 Å². The van der Waals surface area contributed by atoms with Crippen molar-refractivity contribution in [2.24, 2.45) is 0 Å². The van der Waals surface area contributed by atoms with Crippen LogP contribution in [0.2, 0.25) is 0 Å². The summed E-state index contributed by atoms with van der Waals surface area (Å²) in [5.74, 6) is -2.65. The van der Waals surface area contributed by atoms with Gasteiger partial charge in [-0.3, -0.25) is 9.59 Å². The van der Waals surface area contributed by atoms with E-state index in [1.54, 1.807) is 63.4 Å². The first kappa shape index (κ1) is 17.9. The van der Waals surface area contributed by atoms with Crippen LogP contribution in [0.3, 0.4) is 0 Å². The Bertz CT molecular complexity index is 954. The lowest BCUT2D eigenvalue weighted by molar-refractivity contribution is -0.155. The number of benzene rings is 2. The number of carbonyl (C=O) groups excluding carboxylic acids is 2. The zero-order valence-corrected chi connectivity index (χ0v) is 14.9. The van der Waals surface area contributed by atoms with Crippen LogP contribution in [0.25, 0.3) is 10.9 Å². The zero-order valence-electron chi connectivity index (χ0n) is 14.9. The summed E-state index contributed by atoms with van der Waals surface area (Å²) in [6.07, 6.45) is 1.57. The molecule has 0 saturated heterocycles. The van der Waals surface area contributed by atoms with E-state index in [1.165, 1.54) is 12.1 Å². The Morgan fingerprint density at radius 2 is 1.77 bits per heavy atom. The van der Waals surface area contributed by atoms with Gasteiger partial charge in [0, 0.05) is 22.7 Å². The first-order chi connectivity index (χ1) is 12.3. The second-order valence-corrected chi connectivity index (χ2v) is 7.13. The number of esters is 1. The van der Waals surface area contributed by atoms with E-state index in [4.69, 9.17) is 4.74 Å². The first-order valence-electron chi connectivity index (χ1n) is 8.35. The molecule has 1 aromatic heterocycles. The van der Waals surface area contributed by atoms with Gasteiger partial charge in [-0.25, -0.2) is 4.39 Å². The molecule has 0 aliphatic heterocycles. The third kappa shape index (κ3) is 3.67. The van der Waals surface area contributed by atoms with E-state index < -0.39 is 23.3 Å². The minimum Gasteiger partial charge on any atom is -0.459 e. The molecule has 0 bridgehead atoms. The maximum absolute atomic E-state index is 13.7. The van der Waals surface area contributed by atoms with Crippen LogP contribution in [-0.4, -0.2) is 22.3 Å². The number of H-pyrrole nitrogens is 1. The maximum atomic E-state index is 13.7. The minimum atomic E-state index is -1.17. The summed E-state index contributed by atoms with van der Waals surface area (Å²) in [6.45, 7) is 5.22. The Balaban J connectivity index is 2.12. The summed E-state index contributed by atoms with van der Waals surface area (Å²) in [7, 11) is 0. The normalized spacial score (nSPS) is 12.8. The van der Waals surface area contributed by atoms with E-state index in [0.717, 1.165) is 0 Å². The molecule has 3 rings (SSSR count). The van der Waals surface area contributed by atoms with Crippen LogP contribution >= 0.6 is 0 Å². The SMILES string of the molecule is CC(C)(C)OC(=O)C(C(=O)c1ccccc1)c1c[nH]c2ccc(F)cc12. The van der Waals surface area contributed by atoms with Gasteiger partial charge in [-0.1, -0.05) is 30.3 Å². The van der Waals surface area contributed by atoms with Gasteiger partial charge in [0.15, 0.2) is 5.78 Å². The number of fused-ring (bicyclic) bond motifs is 1. The quantitative estimate of drug-likeness (QED) is 0.423. The number of Topliss-reactive ketones (excluding diaryl/α,β-unsaturated/α-hetero) is 1. The van der Waals surface area contributed by atoms with Crippen LogP contribution in [0.1, 0.15) is 42.6 Å². The molecule has 5 heteroatoms. The second kappa shape index (κ2) is 6.75. The van der Waals surface area contributed by atoms with E-state index in [2.05, 4.69) is 4.98 Å². The van der Waals surface area contributed by atoms with Crippen LogP contribution in [0, 0.1) is 5.82 Å². The molecular weight excluding hydrogens is 333 g/mol. The van der Waals surface area contributed by atoms with Crippen molar-refractivity contribution in [3.8, 4) is 0 Å². The molecule has 1 N–H and O–H groups in total. The predicted molar refractivity (Wildman–Crippen MR) is 97.6 cm³/mol. The molecule has 134 valence electrons. The van der Waals surface area contributed by atoms with Crippen molar-refractivity contribution in [1.29, 1.82) is 0 Å². The molecule has 0 saturated carbocycles. The third-order valence-electron chi connectivity index (χ3n) is 3.95.